The fourth-order valence-electron chi connectivity index (χ4n) is 2.53. The van der Waals surface area contributed by atoms with E-state index < -0.39 is 16.6 Å². The third-order valence-corrected chi connectivity index (χ3v) is 5.43. The van der Waals surface area contributed by atoms with Gasteiger partial charge in [0.05, 0.1) is 4.92 Å². The van der Waals surface area contributed by atoms with Crippen LogP contribution in [0.3, 0.4) is 0 Å². The van der Waals surface area contributed by atoms with Crippen LogP contribution in [0, 0.1) is 10.1 Å². The van der Waals surface area contributed by atoms with Crippen LogP contribution < -0.4 is 5.32 Å². The van der Waals surface area contributed by atoms with Gasteiger partial charge in [0.1, 0.15) is 11.3 Å². The number of amides is 1. The van der Waals surface area contributed by atoms with E-state index in [4.69, 9.17) is 4.74 Å². The van der Waals surface area contributed by atoms with Crippen molar-refractivity contribution in [3.05, 3.63) is 69.4 Å². The van der Waals surface area contributed by atoms with E-state index in [-0.39, 0.29) is 11.4 Å². The van der Waals surface area contributed by atoms with Gasteiger partial charge >= 0.3 is 6.09 Å². The Morgan fingerprint density at radius 2 is 1.76 bits per heavy atom. The van der Waals surface area contributed by atoms with Crippen molar-refractivity contribution in [2.75, 3.05) is 5.32 Å². The predicted molar refractivity (Wildman–Crippen MR) is 117 cm³/mol. The third-order valence-electron chi connectivity index (χ3n) is 3.74. The SMILES string of the molecule is CC(C)(C)OC(=O)Nc1cc(Sc2ccc(-c3ccsc3)cc2)ccc1[N+](=O)[O-]. The van der Waals surface area contributed by atoms with Crippen LogP contribution in [0.25, 0.3) is 11.1 Å². The summed E-state index contributed by atoms with van der Waals surface area (Å²) in [5.74, 6) is 0. The number of hydrogen-bond acceptors (Lipinski definition) is 6. The Labute approximate surface area is 177 Å². The molecule has 1 heterocycles. The average molecular weight is 429 g/mol. The van der Waals surface area contributed by atoms with Crippen LogP contribution in [-0.4, -0.2) is 16.6 Å². The van der Waals surface area contributed by atoms with Crippen molar-refractivity contribution in [1.29, 1.82) is 0 Å². The molecule has 0 radical (unpaired) electrons. The summed E-state index contributed by atoms with van der Waals surface area (Å²) in [5.41, 5.74) is 1.52. The number of thiophene rings is 1. The molecule has 1 N–H and O–H groups in total. The molecule has 150 valence electrons. The Morgan fingerprint density at radius 1 is 1.07 bits per heavy atom. The molecule has 1 amide bonds. The lowest BCUT2D eigenvalue weighted by Gasteiger charge is -2.19. The van der Waals surface area contributed by atoms with E-state index in [0.717, 1.165) is 15.4 Å². The maximum absolute atomic E-state index is 12.1. The highest BCUT2D eigenvalue weighted by Gasteiger charge is 2.21. The Bertz CT molecular complexity index is 1010. The molecular weight excluding hydrogens is 408 g/mol. The molecule has 0 atom stereocenters. The Morgan fingerprint density at radius 3 is 2.34 bits per heavy atom. The summed E-state index contributed by atoms with van der Waals surface area (Å²) in [4.78, 5) is 24.6. The van der Waals surface area contributed by atoms with Gasteiger partial charge in [0, 0.05) is 15.9 Å². The molecule has 0 aliphatic rings. The molecular formula is C21H20N2O4S2. The van der Waals surface area contributed by atoms with E-state index in [1.807, 2.05) is 29.6 Å². The normalized spacial score (nSPS) is 11.1. The topological polar surface area (TPSA) is 81.5 Å². The molecule has 3 aromatic rings. The van der Waals surface area contributed by atoms with Crippen LogP contribution in [0.1, 0.15) is 20.8 Å². The molecule has 0 unspecified atom stereocenters. The second kappa shape index (κ2) is 8.67. The first-order valence-corrected chi connectivity index (χ1v) is 10.6. The highest BCUT2D eigenvalue weighted by atomic mass is 32.2. The van der Waals surface area contributed by atoms with E-state index in [1.54, 1.807) is 44.2 Å². The van der Waals surface area contributed by atoms with Crippen molar-refractivity contribution < 1.29 is 14.5 Å². The maximum atomic E-state index is 12.1. The number of nitrogens with one attached hydrogen (secondary N) is 1. The maximum Gasteiger partial charge on any atom is 0.412 e. The molecule has 1 aromatic heterocycles. The minimum absolute atomic E-state index is 0.101. The molecule has 0 aliphatic carbocycles. The molecule has 3 rings (SSSR count). The molecule has 0 aliphatic heterocycles. The lowest BCUT2D eigenvalue weighted by molar-refractivity contribution is -0.384. The van der Waals surface area contributed by atoms with Crippen molar-refractivity contribution in [2.45, 2.75) is 36.2 Å². The number of nitrogens with zero attached hydrogens (tertiary/aromatic N) is 1. The summed E-state index contributed by atoms with van der Waals surface area (Å²) in [5, 5.41) is 17.9. The van der Waals surface area contributed by atoms with Gasteiger partial charge in [-0.3, -0.25) is 15.4 Å². The quantitative estimate of drug-likeness (QED) is 0.356. The van der Waals surface area contributed by atoms with Crippen molar-refractivity contribution in [3.8, 4) is 11.1 Å². The zero-order valence-electron chi connectivity index (χ0n) is 16.2. The number of carbonyl (C=O) groups is 1. The molecule has 0 saturated carbocycles. The number of anilines is 1. The van der Waals surface area contributed by atoms with Gasteiger partial charge in [0.25, 0.3) is 5.69 Å². The molecule has 0 bridgehead atoms. The minimum Gasteiger partial charge on any atom is -0.444 e. The fourth-order valence-corrected chi connectivity index (χ4v) is 4.05. The Balaban J connectivity index is 1.79. The first-order valence-electron chi connectivity index (χ1n) is 8.80. The van der Waals surface area contributed by atoms with Gasteiger partial charge < -0.3 is 4.74 Å². The van der Waals surface area contributed by atoms with Gasteiger partial charge in [-0.2, -0.15) is 11.3 Å². The number of carbonyl (C=O) groups excluding carboxylic acids is 1. The number of ether oxygens (including phenoxy) is 1. The number of benzene rings is 2. The molecule has 0 fully saturated rings. The van der Waals surface area contributed by atoms with Crippen molar-refractivity contribution in [3.63, 3.8) is 0 Å². The number of nitro groups is 1. The van der Waals surface area contributed by atoms with E-state index >= 15 is 0 Å². The molecule has 2 aromatic carbocycles. The lowest BCUT2D eigenvalue weighted by atomic mass is 10.1. The summed E-state index contributed by atoms with van der Waals surface area (Å²) in [6, 6.07) is 14.8. The number of hydrogen-bond donors (Lipinski definition) is 1. The van der Waals surface area contributed by atoms with E-state index in [2.05, 4.69) is 16.8 Å². The van der Waals surface area contributed by atoms with Crippen molar-refractivity contribution in [2.24, 2.45) is 0 Å². The van der Waals surface area contributed by atoms with Crippen LogP contribution in [0.2, 0.25) is 0 Å². The van der Waals surface area contributed by atoms with Crippen LogP contribution in [0.5, 0.6) is 0 Å². The fraction of sp³-hybridized carbons (Fsp3) is 0.190. The standard InChI is InChI=1S/C21H20N2O4S2/c1-21(2,3)27-20(24)22-18-12-17(8-9-19(18)23(25)26)29-16-6-4-14(5-7-16)15-10-11-28-13-15/h4-13H,1-3H3,(H,22,24). The van der Waals surface area contributed by atoms with Crippen LogP contribution in [0.15, 0.2) is 69.1 Å². The van der Waals surface area contributed by atoms with Gasteiger partial charge in [0.2, 0.25) is 0 Å². The lowest BCUT2D eigenvalue weighted by Crippen LogP contribution is -2.27. The number of rotatable bonds is 5. The minimum atomic E-state index is -0.733. The average Bonchev–Trinajstić information content (AvgIpc) is 3.15. The predicted octanol–water partition coefficient (Wildman–Crippen LogP) is 6.82. The van der Waals surface area contributed by atoms with Crippen LogP contribution in [-0.2, 0) is 4.74 Å². The highest BCUT2D eigenvalue weighted by Crippen LogP contribution is 2.35. The van der Waals surface area contributed by atoms with Gasteiger partial charge in [-0.1, -0.05) is 23.9 Å². The molecule has 29 heavy (non-hydrogen) atoms. The van der Waals surface area contributed by atoms with Crippen molar-refractivity contribution >= 4 is 40.6 Å². The Hall–Kier alpha value is -2.84. The van der Waals surface area contributed by atoms with Gasteiger partial charge in [-0.25, -0.2) is 4.79 Å². The number of nitro benzene ring substituents is 1. The molecule has 0 saturated heterocycles. The highest BCUT2D eigenvalue weighted by molar-refractivity contribution is 7.99. The monoisotopic (exact) mass is 428 g/mol. The largest absolute Gasteiger partial charge is 0.444 e. The zero-order valence-corrected chi connectivity index (χ0v) is 17.8. The third kappa shape index (κ3) is 5.82. The summed E-state index contributed by atoms with van der Waals surface area (Å²) < 4.78 is 5.20. The van der Waals surface area contributed by atoms with Crippen molar-refractivity contribution in [1.82, 2.24) is 0 Å². The summed E-state index contributed by atoms with van der Waals surface area (Å²) in [7, 11) is 0. The van der Waals surface area contributed by atoms with E-state index in [1.165, 1.54) is 23.4 Å². The zero-order chi connectivity index (χ0) is 21.0. The van der Waals surface area contributed by atoms with Gasteiger partial charge in [-0.15, -0.1) is 0 Å². The first kappa shape index (κ1) is 20.9. The summed E-state index contributed by atoms with van der Waals surface area (Å²) >= 11 is 3.11. The Kier molecular flexibility index (Phi) is 6.24. The summed E-state index contributed by atoms with van der Waals surface area (Å²) in [6.45, 7) is 5.19. The van der Waals surface area contributed by atoms with E-state index in [0.29, 0.717) is 0 Å². The first-order chi connectivity index (χ1) is 13.7. The molecule has 6 nitrogen and oxygen atoms in total. The van der Waals surface area contributed by atoms with Gasteiger partial charge in [-0.05, 0) is 73.0 Å². The van der Waals surface area contributed by atoms with Crippen LogP contribution in [0.4, 0.5) is 16.2 Å². The molecule has 0 spiro atoms. The second-order valence-electron chi connectivity index (χ2n) is 7.20. The van der Waals surface area contributed by atoms with E-state index in [9.17, 15) is 14.9 Å². The smallest absolute Gasteiger partial charge is 0.412 e. The molecule has 8 heteroatoms. The second-order valence-corrected chi connectivity index (χ2v) is 9.13. The summed E-state index contributed by atoms with van der Waals surface area (Å²) in [6.07, 6.45) is -0.733. The van der Waals surface area contributed by atoms with Crippen LogP contribution >= 0.6 is 23.1 Å². The van der Waals surface area contributed by atoms with Gasteiger partial charge in [0.15, 0.2) is 0 Å².